The van der Waals surface area contributed by atoms with Crippen molar-refractivity contribution in [1.29, 1.82) is 0 Å². The van der Waals surface area contributed by atoms with Gasteiger partial charge in [-0.05, 0) is 85.3 Å². The third-order valence-corrected chi connectivity index (χ3v) is 11.9. The number of alkyl carbamates (subject to hydrolysis) is 1. The highest BCUT2D eigenvalue weighted by Gasteiger charge is 2.52. The third-order valence-electron chi connectivity index (χ3n) is 11.9. The second-order valence-corrected chi connectivity index (χ2v) is 15.0. The molecule has 2 aromatic heterocycles. The van der Waals surface area contributed by atoms with Gasteiger partial charge in [-0.3, -0.25) is 9.59 Å². The largest absolute Gasteiger partial charge is 0.453 e. The zero-order valence-corrected chi connectivity index (χ0v) is 31.3. The van der Waals surface area contributed by atoms with Crippen LogP contribution in [-0.4, -0.2) is 75.7 Å². The summed E-state index contributed by atoms with van der Waals surface area (Å²) in [5, 5.41) is 5.79. The van der Waals surface area contributed by atoms with Crippen LogP contribution in [-0.2, 0) is 19.1 Å². The van der Waals surface area contributed by atoms with E-state index >= 15 is 0 Å². The van der Waals surface area contributed by atoms with Crippen LogP contribution in [0.1, 0.15) is 62.6 Å². The van der Waals surface area contributed by atoms with E-state index in [9.17, 15) is 14.4 Å². The summed E-state index contributed by atoms with van der Waals surface area (Å²) in [6.07, 6.45) is 7.37. The number of carbonyl (C=O) groups excluding carboxylic acids is 3. The molecule has 284 valence electrons. The fourth-order valence-corrected chi connectivity index (χ4v) is 8.99. The molecule has 12 nitrogen and oxygen atoms in total. The van der Waals surface area contributed by atoms with E-state index in [1.807, 2.05) is 36.5 Å². The standard InChI is InChI=1S/C43H47N7O5/c1-25(54-2)38(49-43(53)55-3)42(52)50-21-7-10-35(50)39-44-23-33(47-39)28-15-11-26(12-16-28)27-13-17-29(18-14-27)34-24-45-40(48-34)36-30-19-20-31(22-30)37(36)41(51)46-32-8-5-4-6-9-32/h4-6,8-9,11-18,23-25,30-31,35-38H,7,10,19-22H2,1-3H3,(H,44,47)(H,45,48)(H,46,51)(H,49,53)/t25-,30?,31?,35+,36-,37-,38+/m1/s1. The number of rotatable bonds is 11. The number of benzene rings is 3. The lowest BCUT2D eigenvalue weighted by Crippen LogP contribution is -2.54. The monoisotopic (exact) mass is 741 g/mol. The van der Waals surface area contributed by atoms with Crippen molar-refractivity contribution in [2.75, 3.05) is 26.1 Å². The molecule has 12 heteroatoms. The van der Waals surface area contributed by atoms with E-state index in [-0.39, 0.29) is 29.7 Å². The molecule has 7 atom stereocenters. The highest BCUT2D eigenvalue weighted by atomic mass is 16.5. The molecule has 3 aromatic carbocycles. The molecule has 5 aromatic rings. The summed E-state index contributed by atoms with van der Waals surface area (Å²) in [5.41, 5.74) is 6.83. The highest BCUT2D eigenvalue weighted by Crippen LogP contribution is 2.56. The smallest absolute Gasteiger partial charge is 0.407 e. The highest BCUT2D eigenvalue weighted by molar-refractivity contribution is 5.93. The molecule has 2 bridgehead atoms. The van der Waals surface area contributed by atoms with Crippen molar-refractivity contribution < 1.29 is 23.9 Å². The zero-order valence-electron chi connectivity index (χ0n) is 31.3. The lowest BCUT2D eigenvalue weighted by molar-refractivity contribution is -0.137. The molecule has 2 saturated carbocycles. The van der Waals surface area contributed by atoms with Crippen molar-refractivity contribution in [3.8, 4) is 33.6 Å². The van der Waals surface area contributed by atoms with Crippen LogP contribution in [0.15, 0.2) is 91.3 Å². The molecule has 8 rings (SSSR count). The minimum atomic E-state index is -0.883. The Hall–Kier alpha value is -5.75. The average Bonchev–Trinajstić information content (AvgIpc) is 4.08. The van der Waals surface area contributed by atoms with Gasteiger partial charge in [0.15, 0.2) is 0 Å². The van der Waals surface area contributed by atoms with Gasteiger partial charge in [-0.25, -0.2) is 14.8 Å². The number of nitrogens with zero attached hydrogens (tertiary/aromatic N) is 3. The Morgan fingerprint density at radius 1 is 0.782 bits per heavy atom. The molecule has 3 heterocycles. The van der Waals surface area contributed by atoms with E-state index in [4.69, 9.17) is 14.5 Å². The van der Waals surface area contributed by atoms with Gasteiger partial charge in [0.25, 0.3) is 0 Å². The first-order chi connectivity index (χ1) is 26.8. The number of carbonyl (C=O) groups is 3. The molecule has 4 N–H and O–H groups in total. The molecule has 2 aliphatic carbocycles. The second kappa shape index (κ2) is 15.5. The Morgan fingerprint density at radius 2 is 1.38 bits per heavy atom. The first kappa shape index (κ1) is 36.2. The van der Waals surface area contributed by atoms with Gasteiger partial charge in [-0.1, -0.05) is 66.7 Å². The van der Waals surface area contributed by atoms with Gasteiger partial charge in [-0.15, -0.1) is 0 Å². The maximum Gasteiger partial charge on any atom is 0.407 e. The van der Waals surface area contributed by atoms with Crippen LogP contribution >= 0.6 is 0 Å². The summed E-state index contributed by atoms with van der Waals surface area (Å²) in [6.45, 7) is 2.30. The number of fused-ring (bicyclic) bond motifs is 2. The number of methoxy groups -OCH3 is 2. The molecular weight excluding hydrogens is 695 g/mol. The summed E-state index contributed by atoms with van der Waals surface area (Å²) in [7, 11) is 2.77. The predicted molar refractivity (Wildman–Crippen MR) is 209 cm³/mol. The van der Waals surface area contributed by atoms with Crippen LogP contribution < -0.4 is 10.6 Å². The van der Waals surface area contributed by atoms with Crippen LogP contribution in [0.2, 0.25) is 0 Å². The Kier molecular flexibility index (Phi) is 10.2. The van der Waals surface area contributed by atoms with Crippen molar-refractivity contribution in [2.24, 2.45) is 17.8 Å². The lowest BCUT2D eigenvalue weighted by atomic mass is 9.78. The fraction of sp³-hybridized carbons (Fsp3) is 0.372. The number of likely N-dealkylation sites (tertiary alicyclic amines) is 1. The van der Waals surface area contributed by atoms with Crippen LogP contribution in [0.3, 0.4) is 0 Å². The molecular formula is C43H47N7O5. The van der Waals surface area contributed by atoms with Crippen molar-refractivity contribution in [3.05, 3.63) is 103 Å². The summed E-state index contributed by atoms with van der Waals surface area (Å²) >= 11 is 0. The number of para-hydroxylation sites is 1. The number of aromatic amines is 2. The van der Waals surface area contributed by atoms with Gasteiger partial charge in [0.05, 0.1) is 49.0 Å². The summed E-state index contributed by atoms with van der Waals surface area (Å²) in [4.78, 5) is 57.4. The van der Waals surface area contributed by atoms with Gasteiger partial charge in [-0.2, -0.15) is 0 Å². The van der Waals surface area contributed by atoms with E-state index in [1.165, 1.54) is 14.2 Å². The van der Waals surface area contributed by atoms with Crippen molar-refractivity contribution in [2.45, 2.75) is 63.1 Å². The van der Waals surface area contributed by atoms with Gasteiger partial charge in [0, 0.05) is 25.3 Å². The third kappa shape index (κ3) is 7.26. The van der Waals surface area contributed by atoms with E-state index in [0.717, 1.165) is 77.3 Å². The van der Waals surface area contributed by atoms with Crippen LogP contribution in [0, 0.1) is 17.8 Å². The molecule has 0 radical (unpaired) electrons. The van der Waals surface area contributed by atoms with E-state index < -0.39 is 18.2 Å². The molecule has 0 spiro atoms. The Balaban J connectivity index is 0.929. The first-order valence-electron chi connectivity index (χ1n) is 19.2. The van der Waals surface area contributed by atoms with Crippen LogP contribution in [0.4, 0.5) is 10.5 Å². The number of H-pyrrole nitrogens is 2. The minimum Gasteiger partial charge on any atom is -0.453 e. The summed E-state index contributed by atoms with van der Waals surface area (Å²) in [5.74, 6) is 2.33. The number of amides is 3. The number of ether oxygens (including phenoxy) is 2. The Labute approximate surface area is 320 Å². The number of hydrogen-bond donors (Lipinski definition) is 4. The number of imidazole rings is 2. The fourth-order valence-electron chi connectivity index (χ4n) is 8.99. The van der Waals surface area contributed by atoms with Crippen molar-refractivity contribution >= 4 is 23.6 Å². The zero-order chi connectivity index (χ0) is 38.1. The normalized spacial score (nSPS) is 22.7. The van der Waals surface area contributed by atoms with Crippen LogP contribution in [0.5, 0.6) is 0 Å². The molecule has 3 fully saturated rings. The van der Waals surface area contributed by atoms with Gasteiger partial charge in [0.1, 0.15) is 17.7 Å². The number of anilines is 1. The lowest BCUT2D eigenvalue weighted by Gasteiger charge is -2.30. The Morgan fingerprint density at radius 3 is 2.02 bits per heavy atom. The Bertz CT molecular complexity index is 2130. The van der Waals surface area contributed by atoms with Gasteiger partial charge in [0.2, 0.25) is 11.8 Å². The second-order valence-electron chi connectivity index (χ2n) is 15.0. The van der Waals surface area contributed by atoms with Gasteiger partial charge < -0.3 is 35.0 Å². The number of aromatic nitrogens is 4. The molecule has 55 heavy (non-hydrogen) atoms. The molecule has 3 amide bonds. The topological polar surface area (TPSA) is 154 Å². The van der Waals surface area contributed by atoms with E-state index in [0.29, 0.717) is 24.2 Å². The molecule has 1 aliphatic heterocycles. The van der Waals surface area contributed by atoms with Crippen molar-refractivity contribution in [3.63, 3.8) is 0 Å². The minimum absolute atomic E-state index is 0.0853. The average molecular weight is 742 g/mol. The van der Waals surface area contributed by atoms with E-state index in [1.54, 1.807) is 18.0 Å². The van der Waals surface area contributed by atoms with Crippen LogP contribution in [0.25, 0.3) is 33.6 Å². The van der Waals surface area contributed by atoms with Crippen molar-refractivity contribution in [1.82, 2.24) is 30.2 Å². The van der Waals surface area contributed by atoms with Gasteiger partial charge >= 0.3 is 6.09 Å². The first-order valence-corrected chi connectivity index (χ1v) is 19.2. The molecule has 3 aliphatic rings. The summed E-state index contributed by atoms with van der Waals surface area (Å²) in [6, 6.07) is 25.3. The van der Waals surface area contributed by atoms with E-state index in [2.05, 4.69) is 74.1 Å². The SMILES string of the molecule is COC(=O)N[C@H](C(=O)N1CCC[C@H]1c1ncc(-c2ccc(-c3ccc(-c4cnc([C@@H]5C6CCC(C6)[C@H]5C(=O)Nc5ccccc5)[nH]4)cc3)cc2)[nH]1)[C@@H](C)OC. The molecule has 2 unspecified atom stereocenters. The maximum absolute atomic E-state index is 13.6. The summed E-state index contributed by atoms with van der Waals surface area (Å²) < 4.78 is 10.2. The number of nitrogens with one attached hydrogen (secondary N) is 4. The maximum atomic E-state index is 13.6. The molecule has 1 saturated heterocycles. The predicted octanol–water partition coefficient (Wildman–Crippen LogP) is 7.33. The number of hydrogen-bond acceptors (Lipinski definition) is 7. The quantitative estimate of drug-likeness (QED) is 0.111.